The SMILES string of the molecule is C=C/C=C1\C(=C/C)c2ccc3c4c5c(ccc4n(-c4cnc(-c6ccccc6)nc4-c4ccccc4)c3c2C1(C)C)-c1ccccc1C5(C)C. The van der Waals surface area contributed by atoms with E-state index in [1.807, 2.05) is 30.5 Å². The number of allylic oxidation sites excluding steroid dienone is 5. The smallest absolute Gasteiger partial charge is 0.159 e. The van der Waals surface area contributed by atoms with Crippen molar-refractivity contribution in [1.29, 1.82) is 0 Å². The van der Waals surface area contributed by atoms with E-state index in [-0.39, 0.29) is 10.8 Å². The molecule has 0 unspecified atom stereocenters. The molecular formula is C47H39N3. The van der Waals surface area contributed by atoms with Crippen LogP contribution in [0, 0.1) is 0 Å². The quantitative estimate of drug-likeness (QED) is 0.191. The van der Waals surface area contributed by atoms with E-state index in [1.165, 1.54) is 66.3 Å². The largest absolute Gasteiger partial charge is 0.305 e. The van der Waals surface area contributed by atoms with Crippen molar-refractivity contribution in [3.63, 3.8) is 0 Å². The molecule has 0 fully saturated rings. The number of aromatic nitrogens is 3. The van der Waals surface area contributed by atoms with Crippen LogP contribution in [-0.2, 0) is 10.8 Å². The number of fused-ring (bicyclic) bond motifs is 9. The Morgan fingerprint density at radius 2 is 1.36 bits per heavy atom. The molecule has 0 atom stereocenters. The van der Waals surface area contributed by atoms with Crippen LogP contribution in [0.25, 0.3) is 66.8 Å². The second-order valence-electron chi connectivity index (χ2n) is 14.6. The van der Waals surface area contributed by atoms with Gasteiger partial charge in [0.25, 0.3) is 0 Å². The molecule has 2 aliphatic carbocycles. The third kappa shape index (κ3) is 4.04. The Hall–Kier alpha value is -5.80. The summed E-state index contributed by atoms with van der Waals surface area (Å²) in [5, 5.41) is 2.55. The van der Waals surface area contributed by atoms with E-state index in [2.05, 4.69) is 149 Å². The van der Waals surface area contributed by atoms with Crippen LogP contribution in [0.1, 0.15) is 56.9 Å². The third-order valence-corrected chi connectivity index (χ3v) is 11.2. The molecule has 3 heteroatoms. The van der Waals surface area contributed by atoms with Gasteiger partial charge < -0.3 is 4.57 Å². The highest BCUT2D eigenvalue weighted by molar-refractivity contribution is 6.17. The summed E-state index contributed by atoms with van der Waals surface area (Å²) in [6, 6.07) is 39.1. The monoisotopic (exact) mass is 645 g/mol. The zero-order chi connectivity index (χ0) is 34.4. The summed E-state index contributed by atoms with van der Waals surface area (Å²) < 4.78 is 2.48. The molecule has 242 valence electrons. The number of nitrogens with zero attached hydrogens (tertiary/aromatic N) is 3. The Labute approximate surface area is 294 Å². The predicted molar refractivity (Wildman–Crippen MR) is 210 cm³/mol. The molecule has 3 nitrogen and oxygen atoms in total. The lowest BCUT2D eigenvalue weighted by molar-refractivity contribution is 0.664. The van der Waals surface area contributed by atoms with Gasteiger partial charge in [0.1, 0.15) is 0 Å². The lowest BCUT2D eigenvalue weighted by Gasteiger charge is -2.24. The number of hydrogen-bond acceptors (Lipinski definition) is 2. The first-order valence-corrected chi connectivity index (χ1v) is 17.5. The molecule has 0 aliphatic heterocycles. The molecule has 9 rings (SSSR count). The number of rotatable bonds is 4. The molecule has 0 radical (unpaired) electrons. The molecule has 5 aromatic carbocycles. The van der Waals surface area contributed by atoms with Crippen molar-refractivity contribution in [2.24, 2.45) is 0 Å². The van der Waals surface area contributed by atoms with Crippen LogP contribution in [0.5, 0.6) is 0 Å². The highest BCUT2D eigenvalue weighted by atomic mass is 15.0. The van der Waals surface area contributed by atoms with Crippen LogP contribution < -0.4 is 0 Å². The number of benzene rings is 5. The number of hydrogen-bond donors (Lipinski definition) is 0. The average Bonchev–Trinajstić information content (AvgIpc) is 3.68. The van der Waals surface area contributed by atoms with Gasteiger partial charge in [-0.05, 0) is 57.5 Å². The summed E-state index contributed by atoms with van der Waals surface area (Å²) in [4.78, 5) is 10.4. The summed E-state index contributed by atoms with van der Waals surface area (Å²) in [5.74, 6) is 0.712. The van der Waals surface area contributed by atoms with Crippen LogP contribution in [-0.4, -0.2) is 14.5 Å². The Bertz CT molecular complexity index is 2600. The van der Waals surface area contributed by atoms with Gasteiger partial charge >= 0.3 is 0 Å². The Kier molecular flexibility index (Phi) is 6.57. The van der Waals surface area contributed by atoms with Gasteiger partial charge in [0, 0.05) is 32.7 Å². The van der Waals surface area contributed by atoms with E-state index in [0.717, 1.165) is 22.5 Å². The second-order valence-corrected chi connectivity index (χ2v) is 14.6. The maximum atomic E-state index is 5.35. The van der Waals surface area contributed by atoms with Gasteiger partial charge in [-0.15, -0.1) is 0 Å². The Morgan fingerprint density at radius 3 is 2.08 bits per heavy atom. The van der Waals surface area contributed by atoms with E-state index in [0.29, 0.717) is 5.82 Å². The standard InChI is InChI=1S/C47H39N3/c1-7-17-36-31(8-2)33-24-25-35-40-38(27-26-34-32-22-15-16-23-37(32)46(3,4)41(34)40)50(44(35)42(33)47(36,5)6)39-28-48-45(30-20-13-10-14-21-30)49-43(39)29-18-11-9-12-19-29/h7-28H,1H2,2-6H3/b31-8-,36-17+. The van der Waals surface area contributed by atoms with Crippen molar-refractivity contribution in [1.82, 2.24) is 14.5 Å². The molecule has 0 saturated carbocycles. The van der Waals surface area contributed by atoms with Crippen LogP contribution >= 0.6 is 0 Å². The van der Waals surface area contributed by atoms with Gasteiger partial charge in [0.15, 0.2) is 5.82 Å². The highest BCUT2D eigenvalue weighted by Gasteiger charge is 2.43. The van der Waals surface area contributed by atoms with Gasteiger partial charge in [-0.25, -0.2) is 9.97 Å². The van der Waals surface area contributed by atoms with Crippen molar-refractivity contribution in [3.8, 4) is 39.5 Å². The molecule has 0 spiro atoms. The van der Waals surface area contributed by atoms with Gasteiger partial charge in [0.2, 0.25) is 0 Å². The maximum absolute atomic E-state index is 5.35. The molecular weight excluding hydrogens is 607 g/mol. The molecule has 2 heterocycles. The summed E-state index contributed by atoms with van der Waals surface area (Å²) in [7, 11) is 0. The molecule has 0 N–H and O–H groups in total. The lowest BCUT2D eigenvalue weighted by atomic mass is 9.79. The van der Waals surface area contributed by atoms with Crippen molar-refractivity contribution >= 4 is 27.4 Å². The zero-order valence-corrected chi connectivity index (χ0v) is 29.3. The summed E-state index contributed by atoms with van der Waals surface area (Å²) in [6.45, 7) is 15.7. The summed E-state index contributed by atoms with van der Waals surface area (Å²) in [5.41, 5.74) is 16.4. The van der Waals surface area contributed by atoms with Crippen LogP contribution in [0.15, 0.2) is 146 Å². The van der Waals surface area contributed by atoms with Crippen molar-refractivity contribution in [2.75, 3.05) is 0 Å². The van der Waals surface area contributed by atoms with E-state index in [4.69, 9.17) is 9.97 Å². The summed E-state index contributed by atoms with van der Waals surface area (Å²) in [6.07, 6.45) is 8.42. The first kappa shape index (κ1) is 30.3. The fourth-order valence-corrected chi connectivity index (χ4v) is 8.99. The van der Waals surface area contributed by atoms with E-state index < -0.39 is 0 Å². The predicted octanol–water partition coefficient (Wildman–Crippen LogP) is 12.0. The maximum Gasteiger partial charge on any atom is 0.159 e. The molecule has 50 heavy (non-hydrogen) atoms. The van der Waals surface area contributed by atoms with Crippen molar-refractivity contribution in [3.05, 3.63) is 168 Å². The molecule has 0 bridgehead atoms. The fraction of sp³-hybridized carbons (Fsp3) is 0.149. The average molecular weight is 646 g/mol. The van der Waals surface area contributed by atoms with Crippen LogP contribution in [0.4, 0.5) is 0 Å². The van der Waals surface area contributed by atoms with E-state index in [9.17, 15) is 0 Å². The van der Waals surface area contributed by atoms with Crippen LogP contribution in [0.3, 0.4) is 0 Å². The molecule has 0 amide bonds. The minimum atomic E-state index is -0.281. The molecule has 2 aromatic heterocycles. The normalized spacial score (nSPS) is 17.0. The van der Waals surface area contributed by atoms with E-state index >= 15 is 0 Å². The van der Waals surface area contributed by atoms with Gasteiger partial charge in [-0.3, -0.25) is 0 Å². The van der Waals surface area contributed by atoms with Crippen molar-refractivity contribution in [2.45, 2.75) is 45.4 Å². The molecule has 2 aliphatic rings. The molecule has 7 aromatic rings. The fourth-order valence-electron chi connectivity index (χ4n) is 8.99. The van der Waals surface area contributed by atoms with Gasteiger partial charge in [-0.2, -0.15) is 0 Å². The van der Waals surface area contributed by atoms with Crippen LogP contribution in [0.2, 0.25) is 0 Å². The lowest BCUT2D eigenvalue weighted by Crippen LogP contribution is -2.17. The summed E-state index contributed by atoms with van der Waals surface area (Å²) >= 11 is 0. The first-order valence-electron chi connectivity index (χ1n) is 17.5. The minimum Gasteiger partial charge on any atom is -0.305 e. The minimum absolute atomic E-state index is 0.183. The van der Waals surface area contributed by atoms with E-state index in [1.54, 1.807) is 0 Å². The van der Waals surface area contributed by atoms with Gasteiger partial charge in [0.05, 0.1) is 28.6 Å². The highest BCUT2D eigenvalue weighted by Crippen LogP contribution is 2.57. The first-order chi connectivity index (χ1) is 24.3. The van der Waals surface area contributed by atoms with Crippen molar-refractivity contribution < 1.29 is 0 Å². The topological polar surface area (TPSA) is 30.7 Å². The zero-order valence-electron chi connectivity index (χ0n) is 29.3. The Morgan fingerprint density at radius 1 is 0.680 bits per heavy atom. The van der Waals surface area contributed by atoms with Gasteiger partial charge in [-0.1, -0.05) is 156 Å². The third-order valence-electron chi connectivity index (χ3n) is 11.2. The molecule has 0 saturated heterocycles. The second kappa shape index (κ2) is 10.9. The Balaban J connectivity index is 1.48.